The monoisotopic (exact) mass is 346 g/mol. The molecule has 0 aromatic heterocycles. The van der Waals surface area contributed by atoms with E-state index in [9.17, 15) is 9.59 Å². The van der Waals surface area contributed by atoms with Crippen molar-refractivity contribution < 1.29 is 19.1 Å². The number of hydrogen-bond acceptors (Lipinski definition) is 4. The van der Waals surface area contributed by atoms with Crippen molar-refractivity contribution in [3.63, 3.8) is 0 Å². The number of amides is 2. The Morgan fingerprint density at radius 2 is 1.84 bits per heavy atom. The highest BCUT2D eigenvalue weighted by molar-refractivity contribution is 5.70. The quantitative estimate of drug-likeness (QED) is 0.825. The average molecular weight is 346 g/mol. The summed E-state index contributed by atoms with van der Waals surface area (Å²) in [6.07, 6.45) is 0.233. The number of ether oxygens (including phenoxy) is 2. The number of carbonyl (C=O) groups excluding carboxylic acids is 2. The Kier molecular flexibility index (Phi) is 4.88. The van der Waals surface area contributed by atoms with Crippen molar-refractivity contribution >= 4 is 12.2 Å². The van der Waals surface area contributed by atoms with Gasteiger partial charge in [-0.3, -0.25) is 0 Å². The van der Waals surface area contributed by atoms with Gasteiger partial charge in [-0.05, 0) is 32.8 Å². The largest absolute Gasteiger partial charge is 0.445 e. The smallest absolute Gasteiger partial charge is 0.410 e. The highest BCUT2D eigenvalue weighted by atomic mass is 16.6. The first-order valence-electron chi connectivity index (χ1n) is 8.79. The Balaban J connectivity index is 1.46. The molecule has 2 fully saturated rings. The van der Waals surface area contributed by atoms with Gasteiger partial charge in [0.15, 0.2) is 0 Å². The molecule has 6 nitrogen and oxygen atoms in total. The van der Waals surface area contributed by atoms with Gasteiger partial charge in [-0.1, -0.05) is 30.3 Å². The molecular formula is C19H26N2O4. The molecule has 0 bridgehead atoms. The van der Waals surface area contributed by atoms with Crippen LogP contribution in [0.15, 0.2) is 30.3 Å². The first-order valence-corrected chi connectivity index (χ1v) is 8.79. The van der Waals surface area contributed by atoms with Crippen LogP contribution >= 0.6 is 0 Å². The third-order valence-corrected chi connectivity index (χ3v) is 4.62. The van der Waals surface area contributed by atoms with Gasteiger partial charge in [-0.15, -0.1) is 0 Å². The van der Waals surface area contributed by atoms with Crippen molar-refractivity contribution in [3.05, 3.63) is 35.9 Å². The van der Waals surface area contributed by atoms with E-state index in [1.807, 2.05) is 51.1 Å². The van der Waals surface area contributed by atoms with E-state index >= 15 is 0 Å². The molecule has 2 aliphatic heterocycles. The molecule has 2 aliphatic rings. The lowest BCUT2D eigenvalue weighted by Gasteiger charge is -2.52. The molecule has 0 radical (unpaired) electrons. The second kappa shape index (κ2) is 6.94. The van der Waals surface area contributed by atoms with Gasteiger partial charge >= 0.3 is 12.2 Å². The third-order valence-electron chi connectivity index (χ3n) is 4.62. The maximum absolute atomic E-state index is 12.3. The fourth-order valence-electron chi connectivity index (χ4n) is 3.36. The number of hydrogen-bond donors (Lipinski definition) is 0. The molecule has 0 spiro atoms. The topological polar surface area (TPSA) is 59.1 Å². The summed E-state index contributed by atoms with van der Waals surface area (Å²) in [5.74, 6) is 0.311. The molecule has 1 aromatic rings. The van der Waals surface area contributed by atoms with E-state index in [1.54, 1.807) is 9.80 Å². The lowest BCUT2D eigenvalue weighted by atomic mass is 9.83. The Bertz CT molecular complexity index is 626. The van der Waals surface area contributed by atoms with Gasteiger partial charge in [0.1, 0.15) is 12.2 Å². The van der Waals surface area contributed by atoms with E-state index in [-0.39, 0.29) is 24.8 Å². The van der Waals surface area contributed by atoms with Crippen LogP contribution in [0.2, 0.25) is 0 Å². The minimum Gasteiger partial charge on any atom is -0.445 e. The molecule has 136 valence electrons. The van der Waals surface area contributed by atoms with Crippen LogP contribution in [0.3, 0.4) is 0 Å². The number of likely N-dealkylation sites (tertiary alicyclic amines) is 2. The van der Waals surface area contributed by atoms with Gasteiger partial charge in [0, 0.05) is 31.6 Å². The second-order valence-electron chi connectivity index (χ2n) is 7.74. The fraction of sp³-hybridized carbons (Fsp3) is 0.579. The van der Waals surface area contributed by atoms with Crippen molar-refractivity contribution in [2.45, 2.75) is 45.4 Å². The highest BCUT2D eigenvalue weighted by Gasteiger charge is 2.47. The molecule has 6 heteroatoms. The summed E-state index contributed by atoms with van der Waals surface area (Å²) in [7, 11) is 0. The van der Waals surface area contributed by atoms with E-state index in [0.29, 0.717) is 25.6 Å². The van der Waals surface area contributed by atoms with Gasteiger partial charge in [-0.25, -0.2) is 9.59 Å². The van der Waals surface area contributed by atoms with E-state index < -0.39 is 5.60 Å². The van der Waals surface area contributed by atoms with Crippen LogP contribution in [0.25, 0.3) is 0 Å². The zero-order valence-corrected chi connectivity index (χ0v) is 15.1. The maximum atomic E-state index is 12.3. The molecule has 2 heterocycles. The molecular weight excluding hydrogens is 320 g/mol. The number of piperidine rings is 1. The number of benzene rings is 1. The maximum Gasteiger partial charge on any atom is 0.410 e. The van der Waals surface area contributed by atoms with Crippen LogP contribution in [0.5, 0.6) is 0 Å². The van der Waals surface area contributed by atoms with E-state index in [4.69, 9.17) is 9.47 Å². The standard InChI is InChI=1S/C19H26N2O4/c1-19(2,3)25-17(22)20-10-9-16-15(11-20)12-21(16)18(23)24-13-14-7-5-4-6-8-14/h4-8,15-16H,9-13H2,1-3H3/t15-,16+/m0/s1. The second-order valence-corrected chi connectivity index (χ2v) is 7.74. The summed E-state index contributed by atoms with van der Waals surface area (Å²) < 4.78 is 10.8. The summed E-state index contributed by atoms with van der Waals surface area (Å²) in [4.78, 5) is 27.9. The van der Waals surface area contributed by atoms with Crippen molar-refractivity contribution in [1.29, 1.82) is 0 Å². The summed E-state index contributed by atoms with van der Waals surface area (Å²) in [5.41, 5.74) is 0.494. The Hall–Kier alpha value is -2.24. The van der Waals surface area contributed by atoms with Gasteiger partial charge in [0.05, 0.1) is 0 Å². The van der Waals surface area contributed by atoms with Crippen molar-refractivity contribution in [2.75, 3.05) is 19.6 Å². The third kappa shape index (κ3) is 4.24. The fourth-order valence-corrected chi connectivity index (χ4v) is 3.36. The SMILES string of the molecule is CC(C)(C)OC(=O)N1CC[C@@H]2[C@@H](C1)CN2C(=O)OCc1ccccc1. The van der Waals surface area contributed by atoms with Gasteiger partial charge in [0.2, 0.25) is 0 Å². The van der Waals surface area contributed by atoms with E-state index in [2.05, 4.69) is 0 Å². The predicted octanol–water partition coefficient (Wildman–Crippen LogP) is 3.26. The number of nitrogens with zero attached hydrogens (tertiary/aromatic N) is 2. The Morgan fingerprint density at radius 3 is 2.48 bits per heavy atom. The van der Waals surface area contributed by atoms with Gasteiger partial charge in [-0.2, -0.15) is 0 Å². The lowest BCUT2D eigenvalue weighted by Crippen LogP contribution is -2.65. The molecule has 0 N–H and O–H groups in total. The molecule has 25 heavy (non-hydrogen) atoms. The first kappa shape index (κ1) is 17.6. The zero-order valence-electron chi connectivity index (χ0n) is 15.1. The molecule has 1 aromatic carbocycles. The van der Waals surface area contributed by atoms with Crippen LogP contribution in [0.1, 0.15) is 32.8 Å². The Labute approximate surface area is 148 Å². The average Bonchev–Trinajstić information content (AvgIpc) is 2.53. The van der Waals surface area contributed by atoms with Gasteiger partial charge < -0.3 is 19.3 Å². The summed E-state index contributed by atoms with van der Waals surface area (Å²) in [5, 5.41) is 0. The molecule has 0 unspecified atom stereocenters. The van der Waals surface area contributed by atoms with Crippen molar-refractivity contribution in [3.8, 4) is 0 Å². The highest BCUT2D eigenvalue weighted by Crippen LogP contribution is 2.33. The number of carbonyl (C=O) groups is 2. The number of fused-ring (bicyclic) bond motifs is 1. The van der Waals surface area contributed by atoms with Gasteiger partial charge in [0.25, 0.3) is 0 Å². The minimum atomic E-state index is -0.485. The van der Waals surface area contributed by atoms with E-state index in [0.717, 1.165) is 12.0 Å². The van der Waals surface area contributed by atoms with Crippen LogP contribution in [0, 0.1) is 5.92 Å². The van der Waals surface area contributed by atoms with Crippen molar-refractivity contribution in [2.24, 2.45) is 5.92 Å². The molecule has 0 saturated carbocycles. The predicted molar refractivity (Wildman–Crippen MR) is 93.0 cm³/mol. The van der Waals surface area contributed by atoms with Crippen LogP contribution in [-0.2, 0) is 16.1 Å². The van der Waals surface area contributed by atoms with Crippen LogP contribution in [-0.4, -0.2) is 53.3 Å². The molecule has 0 aliphatic carbocycles. The minimum absolute atomic E-state index is 0.168. The Morgan fingerprint density at radius 1 is 1.12 bits per heavy atom. The van der Waals surface area contributed by atoms with E-state index in [1.165, 1.54) is 0 Å². The molecule has 2 atom stereocenters. The first-order chi connectivity index (χ1) is 11.8. The van der Waals surface area contributed by atoms with Crippen molar-refractivity contribution in [1.82, 2.24) is 9.80 Å². The normalized spacial score (nSPS) is 22.7. The molecule has 3 rings (SSSR count). The number of rotatable bonds is 2. The van der Waals surface area contributed by atoms with Crippen LogP contribution in [0.4, 0.5) is 9.59 Å². The molecule has 2 amide bonds. The zero-order chi connectivity index (χ0) is 18.0. The summed E-state index contributed by atoms with van der Waals surface area (Å²) >= 11 is 0. The summed E-state index contributed by atoms with van der Waals surface area (Å²) in [6, 6.07) is 9.83. The lowest BCUT2D eigenvalue weighted by molar-refractivity contribution is -0.0463. The van der Waals surface area contributed by atoms with Crippen LogP contribution < -0.4 is 0 Å². The summed E-state index contributed by atoms with van der Waals surface area (Å²) in [6.45, 7) is 7.78. The molecule has 2 saturated heterocycles.